The molecule has 0 saturated heterocycles. The molecule has 0 spiro atoms. The SMILES string of the molecule is CCN(C)C[C@H](C)NCc1nn(CC)c2ccccc12. The molecule has 0 aliphatic heterocycles. The smallest absolute Gasteiger partial charge is 0.0841 e. The molecule has 0 fully saturated rings. The van der Waals surface area contributed by atoms with Gasteiger partial charge in [0.25, 0.3) is 0 Å². The second-order valence-electron chi connectivity index (χ2n) is 5.42. The van der Waals surface area contributed by atoms with E-state index in [0.29, 0.717) is 6.04 Å². The molecule has 0 amide bonds. The number of fused-ring (bicyclic) bond motifs is 1. The summed E-state index contributed by atoms with van der Waals surface area (Å²) >= 11 is 0. The highest BCUT2D eigenvalue weighted by Gasteiger charge is 2.10. The quantitative estimate of drug-likeness (QED) is 0.842. The standard InChI is InChI=1S/C16H26N4/c1-5-19(4)12-13(3)17-11-15-14-9-7-8-10-16(14)20(6-2)18-15/h7-10,13,17H,5-6,11-12H2,1-4H3/t13-/m0/s1. The Morgan fingerprint density at radius 2 is 2.05 bits per heavy atom. The lowest BCUT2D eigenvalue weighted by atomic mass is 10.2. The number of nitrogens with zero attached hydrogens (tertiary/aromatic N) is 3. The third-order valence-electron chi connectivity index (χ3n) is 3.78. The number of hydrogen-bond acceptors (Lipinski definition) is 3. The van der Waals surface area contributed by atoms with Crippen LogP contribution in [-0.4, -0.2) is 40.9 Å². The molecule has 0 saturated carbocycles. The van der Waals surface area contributed by atoms with E-state index >= 15 is 0 Å². The van der Waals surface area contributed by atoms with Crippen LogP contribution < -0.4 is 5.32 Å². The zero-order valence-electron chi connectivity index (χ0n) is 13.1. The van der Waals surface area contributed by atoms with Crippen molar-refractivity contribution >= 4 is 10.9 Å². The fraction of sp³-hybridized carbons (Fsp3) is 0.562. The highest BCUT2D eigenvalue weighted by atomic mass is 15.3. The van der Waals surface area contributed by atoms with Crippen molar-refractivity contribution in [2.45, 2.75) is 39.9 Å². The second-order valence-corrected chi connectivity index (χ2v) is 5.42. The van der Waals surface area contributed by atoms with Gasteiger partial charge in [-0.25, -0.2) is 0 Å². The van der Waals surface area contributed by atoms with Crippen molar-refractivity contribution in [3.63, 3.8) is 0 Å². The first-order valence-electron chi connectivity index (χ1n) is 7.52. The molecule has 1 aromatic carbocycles. The summed E-state index contributed by atoms with van der Waals surface area (Å²) in [6.07, 6.45) is 0. The molecule has 1 atom stereocenters. The Morgan fingerprint density at radius 1 is 1.30 bits per heavy atom. The highest BCUT2D eigenvalue weighted by molar-refractivity contribution is 5.81. The molecule has 20 heavy (non-hydrogen) atoms. The van der Waals surface area contributed by atoms with Gasteiger partial charge in [0, 0.05) is 31.1 Å². The molecule has 2 rings (SSSR count). The van der Waals surface area contributed by atoms with Crippen molar-refractivity contribution in [3.05, 3.63) is 30.0 Å². The average molecular weight is 274 g/mol. The van der Waals surface area contributed by atoms with Crippen LogP contribution in [-0.2, 0) is 13.1 Å². The Morgan fingerprint density at radius 3 is 2.75 bits per heavy atom. The van der Waals surface area contributed by atoms with Gasteiger partial charge in [-0.3, -0.25) is 4.68 Å². The molecule has 1 aromatic heterocycles. The Balaban J connectivity index is 2.06. The van der Waals surface area contributed by atoms with E-state index in [1.807, 2.05) is 0 Å². The lowest BCUT2D eigenvalue weighted by molar-refractivity contribution is 0.309. The predicted molar refractivity (Wildman–Crippen MR) is 84.9 cm³/mol. The molecular weight excluding hydrogens is 248 g/mol. The van der Waals surface area contributed by atoms with Gasteiger partial charge in [0.2, 0.25) is 0 Å². The first kappa shape index (κ1) is 15.0. The largest absolute Gasteiger partial charge is 0.307 e. The van der Waals surface area contributed by atoms with Gasteiger partial charge < -0.3 is 10.2 Å². The van der Waals surface area contributed by atoms with Crippen LogP contribution in [0.15, 0.2) is 24.3 Å². The highest BCUT2D eigenvalue weighted by Crippen LogP contribution is 2.18. The fourth-order valence-corrected chi connectivity index (χ4v) is 2.50. The van der Waals surface area contributed by atoms with Crippen LogP contribution in [0.2, 0.25) is 0 Å². The number of benzene rings is 1. The van der Waals surface area contributed by atoms with Gasteiger partial charge in [0.15, 0.2) is 0 Å². The van der Waals surface area contributed by atoms with Gasteiger partial charge in [-0.05, 0) is 33.5 Å². The van der Waals surface area contributed by atoms with Crippen LogP contribution in [0.1, 0.15) is 26.5 Å². The number of aryl methyl sites for hydroxylation is 1. The summed E-state index contributed by atoms with van der Waals surface area (Å²) in [7, 11) is 2.15. The van der Waals surface area contributed by atoms with Crippen LogP contribution in [0.3, 0.4) is 0 Å². The molecular formula is C16H26N4. The van der Waals surface area contributed by atoms with Gasteiger partial charge in [-0.1, -0.05) is 25.1 Å². The Hall–Kier alpha value is -1.39. The fourth-order valence-electron chi connectivity index (χ4n) is 2.50. The normalized spacial score (nSPS) is 13.2. The first-order valence-corrected chi connectivity index (χ1v) is 7.52. The van der Waals surface area contributed by atoms with E-state index in [2.05, 4.69) is 67.0 Å². The van der Waals surface area contributed by atoms with E-state index < -0.39 is 0 Å². The van der Waals surface area contributed by atoms with Crippen molar-refractivity contribution in [2.75, 3.05) is 20.1 Å². The third kappa shape index (κ3) is 3.38. The first-order chi connectivity index (χ1) is 9.65. The Kier molecular flexibility index (Phi) is 5.15. The monoisotopic (exact) mass is 274 g/mol. The van der Waals surface area contributed by atoms with Crippen molar-refractivity contribution in [1.29, 1.82) is 0 Å². The van der Waals surface area contributed by atoms with Crippen LogP contribution in [0.5, 0.6) is 0 Å². The number of nitrogens with one attached hydrogen (secondary N) is 1. The van der Waals surface area contributed by atoms with Gasteiger partial charge in [0.05, 0.1) is 11.2 Å². The molecule has 110 valence electrons. The Bertz CT molecular complexity index is 546. The lowest BCUT2D eigenvalue weighted by Gasteiger charge is -2.20. The molecule has 2 aromatic rings. The summed E-state index contributed by atoms with van der Waals surface area (Å²) in [6, 6.07) is 8.93. The molecule has 0 radical (unpaired) electrons. The van der Waals surface area contributed by atoms with E-state index in [0.717, 1.165) is 31.9 Å². The third-order valence-corrected chi connectivity index (χ3v) is 3.78. The van der Waals surface area contributed by atoms with Crippen LogP contribution in [0.4, 0.5) is 0 Å². The van der Waals surface area contributed by atoms with Gasteiger partial charge in [0.1, 0.15) is 0 Å². The Labute approximate surface area is 121 Å². The van der Waals surface area contributed by atoms with E-state index in [1.54, 1.807) is 0 Å². The second kappa shape index (κ2) is 6.86. The summed E-state index contributed by atoms with van der Waals surface area (Å²) in [4.78, 5) is 2.32. The molecule has 1 heterocycles. The number of hydrogen-bond donors (Lipinski definition) is 1. The zero-order chi connectivity index (χ0) is 14.5. The minimum absolute atomic E-state index is 0.463. The number of aromatic nitrogens is 2. The minimum Gasteiger partial charge on any atom is -0.307 e. The summed E-state index contributed by atoms with van der Waals surface area (Å²) in [6.45, 7) is 10.4. The predicted octanol–water partition coefficient (Wildman–Crippen LogP) is 2.49. The number of para-hydroxylation sites is 1. The molecule has 0 aliphatic rings. The molecule has 0 aliphatic carbocycles. The van der Waals surface area contributed by atoms with Crippen molar-refractivity contribution in [1.82, 2.24) is 20.0 Å². The summed E-state index contributed by atoms with van der Waals surface area (Å²) in [5.41, 5.74) is 2.37. The van der Waals surface area contributed by atoms with E-state index in [-0.39, 0.29) is 0 Å². The van der Waals surface area contributed by atoms with E-state index in [9.17, 15) is 0 Å². The van der Waals surface area contributed by atoms with Crippen LogP contribution in [0.25, 0.3) is 10.9 Å². The number of likely N-dealkylation sites (N-methyl/N-ethyl adjacent to an activating group) is 1. The summed E-state index contributed by atoms with van der Waals surface area (Å²) in [5, 5.41) is 9.56. The molecule has 4 nitrogen and oxygen atoms in total. The van der Waals surface area contributed by atoms with Crippen LogP contribution in [0, 0.1) is 0 Å². The maximum absolute atomic E-state index is 4.72. The molecule has 1 N–H and O–H groups in total. The molecule has 4 heteroatoms. The summed E-state index contributed by atoms with van der Waals surface area (Å²) < 4.78 is 2.08. The van der Waals surface area contributed by atoms with E-state index in [1.165, 1.54) is 10.9 Å². The van der Waals surface area contributed by atoms with Crippen molar-refractivity contribution in [2.24, 2.45) is 0 Å². The zero-order valence-corrected chi connectivity index (χ0v) is 13.1. The maximum atomic E-state index is 4.72. The lowest BCUT2D eigenvalue weighted by Crippen LogP contribution is -2.37. The average Bonchev–Trinajstić information content (AvgIpc) is 2.83. The van der Waals surface area contributed by atoms with Gasteiger partial charge >= 0.3 is 0 Å². The minimum atomic E-state index is 0.463. The van der Waals surface area contributed by atoms with Crippen molar-refractivity contribution in [3.8, 4) is 0 Å². The van der Waals surface area contributed by atoms with E-state index in [4.69, 9.17) is 5.10 Å². The molecule has 0 bridgehead atoms. The maximum Gasteiger partial charge on any atom is 0.0841 e. The van der Waals surface area contributed by atoms with Crippen molar-refractivity contribution < 1.29 is 0 Å². The van der Waals surface area contributed by atoms with Crippen LogP contribution >= 0.6 is 0 Å². The topological polar surface area (TPSA) is 33.1 Å². The summed E-state index contributed by atoms with van der Waals surface area (Å²) in [5.74, 6) is 0. The molecule has 0 unspecified atom stereocenters. The van der Waals surface area contributed by atoms with Gasteiger partial charge in [-0.2, -0.15) is 5.10 Å². The number of rotatable bonds is 7. The van der Waals surface area contributed by atoms with Gasteiger partial charge in [-0.15, -0.1) is 0 Å².